The Morgan fingerprint density at radius 2 is 2.32 bits per heavy atom. The SMILES string of the molecule is COC(=O)c1cc(Cl)c2nnc(-c3cn[nH]c3)n2c1. The predicted molar refractivity (Wildman–Crippen MR) is 66.9 cm³/mol. The number of hydrogen-bond acceptors (Lipinski definition) is 5. The van der Waals surface area contributed by atoms with Gasteiger partial charge in [-0.2, -0.15) is 5.10 Å². The van der Waals surface area contributed by atoms with E-state index >= 15 is 0 Å². The zero-order valence-corrected chi connectivity index (χ0v) is 10.5. The summed E-state index contributed by atoms with van der Waals surface area (Å²) in [6.07, 6.45) is 4.86. The molecule has 7 nitrogen and oxygen atoms in total. The summed E-state index contributed by atoms with van der Waals surface area (Å²) in [5.41, 5.74) is 1.53. The number of rotatable bonds is 2. The molecule has 0 aromatic carbocycles. The minimum atomic E-state index is -0.476. The number of aromatic amines is 1. The second kappa shape index (κ2) is 4.36. The second-order valence-corrected chi connectivity index (χ2v) is 4.18. The number of fused-ring (bicyclic) bond motifs is 1. The molecule has 0 bridgehead atoms. The molecule has 19 heavy (non-hydrogen) atoms. The predicted octanol–water partition coefficient (Wildman–Crippen LogP) is 1.56. The number of ether oxygens (including phenoxy) is 1. The highest BCUT2D eigenvalue weighted by Gasteiger charge is 2.15. The van der Waals surface area contributed by atoms with Crippen LogP contribution in [-0.4, -0.2) is 37.9 Å². The molecule has 3 aromatic heterocycles. The quantitative estimate of drug-likeness (QED) is 0.719. The number of esters is 1. The number of hydrogen-bond donors (Lipinski definition) is 1. The Hall–Kier alpha value is -2.41. The molecule has 0 fully saturated rings. The van der Waals surface area contributed by atoms with Gasteiger partial charge in [0.15, 0.2) is 11.5 Å². The van der Waals surface area contributed by atoms with Crippen LogP contribution in [0.5, 0.6) is 0 Å². The maximum Gasteiger partial charge on any atom is 0.339 e. The van der Waals surface area contributed by atoms with Gasteiger partial charge < -0.3 is 4.74 Å². The van der Waals surface area contributed by atoms with Crippen LogP contribution in [0.25, 0.3) is 17.0 Å². The number of methoxy groups -OCH3 is 1. The Morgan fingerprint density at radius 1 is 1.47 bits per heavy atom. The highest BCUT2D eigenvalue weighted by molar-refractivity contribution is 6.33. The third kappa shape index (κ3) is 1.84. The number of carbonyl (C=O) groups excluding carboxylic acids is 1. The van der Waals surface area contributed by atoms with Crippen LogP contribution >= 0.6 is 11.6 Å². The van der Waals surface area contributed by atoms with Crippen molar-refractivity contribution in [3.05, 3.63) is 35.2 Å². The topological polar surface area (TPSA) is 85.2 Å². The molecule has 3 aromatic rings. The van der Waals surface area contributed by atoms with E-state index in [1.54, 1.807) is 23.0 Å². The number of nitrogens with zero attached hydrogens (tertiary/aromatic N) is 4. The molecular weight excluding hydrogens is 270 g/mol. The molecule has 3 heterocycles. The van der Waals surface area contributed by atoms with Gasteiger partial charge in [-0.15, -0.1) is 10.2 Å². The molecule has 0 amide bonds. The van der Waals surface area contributed by atoms with Crippen molar-refractivity contribution in [3.8, 4) is 11.4 Å². The third-order valence-electron chi connectivity index (χ3n) is 2.64. The zero-order valence-electron chi connectivity index (χ0n) is 9.79. The summed E-state index contributed by atoms with van der Waals surface area (Å²) in [6, 6.07) is 1.50. The molecular formula is C11H8ClN5O2. The van der Waals surface area contributed by atoms with Crippen molar-refractivity contribution in [1.29, 1.82) is 0 Å². The summed E-state index contributed by atoms with van der Waals surface area (Å²) in [4.78, 5) is 11.6. The number of nitrogens with one attached hydrogen (secondary N) is 1. The molecule has 96 valence electrons. The first-order chi connectivity index (χ1) is 9.20. The maximum atomic E-state index is 11.6. The minimum absolute atomic E-state index is 0.324. The molecule has 0 saturated carbocycles. The van der Waals surface area contributed by atoms with Crippen LogP contribution in [0.3, 0.4) is 0 Å². The fourth-order valence-corrected chi connectivity index (χ4v) is 2.00. The highest BCUT2D eigenvalue weighted by atomic mass is 35.5. The summed E-state index contributed by atoms with van der Waals surface area (Å²) in [5, 5.41) is 14.9. The first-order valence-electron chi connectivity index (χ1n) is 5.32. The van der Waals surface area contributed by atoms with Crippen LogP contribution in [0.2, 0.25) is 5.02 Å². The minimum Gasteiger partial charge on any atom is -0.465 e. The van der Waals surface area contributed by atoms with E-state index in [1.807, 2.05) is 0 Å². The van der Waals surface area contributed by atoms with Crippen molar-refractivity contribution in [2.45, 2.75) is 0 Å². The average molecular weight is 278 g/mol. The Bertz CT molecular complexity index is 750. The molecule has 0 saturated heterocycles. The largest absolute Gasteiger partial charge is 0.465 e. The van der Waals surface area contributed by atoms with E-state index in [0.29, 0.717) is 22.1 Å². The van der Waals surface area contributed by atoms with Crippen molar-refractivity contribution >= 4 is 23.2 Å². The van der Waals surface area contributed by atoms with E-state index in [0.717, 1.165) is 5.56 Å². The van der Waals surface area contributed by atoms with Gasteiger partial charge in [0.2, 0.25) is 0 Å². The van der Waals surface area contributed by atoms with Crippen molar-refractivity contribution in [2.24, 2.45) is 0 Å². The smallest absolute Gasteiger partial charge is 0.339 e. The van der Waals surface area contributed by atoms with Gasteiger partial charge in [0.25, 0.3) is 0 Å². The van der Waals surface area contributed by atoms with Gasteiger partial charge in [0.1, 0.15) is 0 Å². The summed E-state index contributed by atoms with van der Waals surface area (Å²) < 4.78 is 6.30. The van der Waals surface area contributed by atoms with E-state index in [4.69, 9.17) is 11.6 Å². The molecule has 0 aliphatic heterocycles. The van der Waals surface area contributed by atoms with Crippen molar-refractivity contribution in [1.82, 2.24) is 24.8 Å². The molecule has 0 aliphatic carbocycles. The molecule has 3 rings (SSSR count). The molecule has 0 unspecified atom stereocenters. The van der Waals surface area contributed by atoms with E-state index < -0.39 is 5.97 Å². The molecule has 8 heteroatoms. The Morgan fingerprint density at radius 3 is 3.00 bits per heavy atom. The number of aromatic nitrogens is 5. The zero-order chi connectivity index (χ0) is 13.4. The van der Waals surface area contributed by atoms with Gasteiger partial charge in [0.05, 0.1) is 29.5 Å². The van der Waals surface area contributed by atoms with E-state index in [-0.39, 0.29) is 0 Å². The molecule has 0 radical (unpaired) electrons. The Balaban J connectivity index is 2.26. The Kier molecular flexibility index (Phi) is 2.68. The first kappa shape index (κ1) is 11.7. The summed E-state index contributed by atoms with van der Waals surface area (Å²) in [5.74, 6) is 0.0621. The monoisotopic (exact) mass is 277 g/mol. The fraction of sp³-hybridized carbons (Fsp3) is 0.0909. The van der Waals surface area contributed by atoms with Gasteiger partial charge in [-0.3, -0.25) is 9.50 Å². The Labute approximate surface area is 112 Å². The molecule has 0 aliphatic rings. The summed E-state index contributed by atoms with van der Waals surface area (Å²) in [7, 11) is 1.31. The van der Waals surface area contributed by atoms with Gasteiger partial charge in [0, 0.05) is 12.4 Å². The lowest BCUT2D eigenvalue weighted by molar-refractivity contribution is 0.0600. The summed E-state index contributed by atoms with van der Waals surface area (Å²) in [6.45, 7) is 0. The average Bonchev–Trinajstić information content (AvgIpc) is 3.05. The maximum absolute atomic E-state index is 11.6. The number of pyridine rings is 1. The van der Waals surface area contributed by atoms with Gasteiger partial charge in [-0.25, -0.2) is 4.79 Å². The van der Waals surface area contributed by atoms with Crippen LogP contribution in [-0.2, 0) is 4.74 Å². The molecule has 1 N–H and O–H groups in total. The van der Waals surface area contributed by atoms with Crippen molar-refractivity contribution in [2.75, 3.05) is 7.11 Å². The normalized spacial score (nSPS) is 10.8. The van der Waals surface area contributed by atoms with Gasteiger partial charge in [-0.1, -0.05) is 11.6 Å². The van der Waals surface area contributed by atoms with Crippen LogP contribution in [0.1, 0.15) is 10.4 Å². The van der Waals surface area contributed by atoms with Crippen molar-refractivity contribution < 1.29 is 9.53 Å². The van der Waals surface area contributed by atoms with Crippen LogP contribution in [0.15, 0.2) is 24.7 Å². The lowest BCUT2D eigenvalue weighted by Gasteiger charge is -2.03. The first-order valence-corrected chi connectivity index (χ1v) is 5.70. The number of carbonyl (C=O) groups is 1. The fourth-order valence-electron chi connectivity index (χ4n) is 1.75. The standard InChI is InChI=1S/C11H8ClN5O2/c1-19-11(18)6-2-8(12)10-16-15-9(17(10)5-6)7-3-13-14-4-7/h2-5H,1H3,(H,13,14). The van der Waals surface area contributed by atoms with Gasteiger partial charge in [-0.05, 0) is 6.07 Å². The van der Waals surface area contributed by atoms with Gasteiger partial charge >= 0.3 is 5.97 Å². The second-order valence-electron chi connectivity index (χ2n) is 3.77. The van der Waals surface area contributed by atoms with E-state index in [9.17, 15) is 4.79 Å². The lowest BCUT2D eigenvalue weighted by Crippen LogP contribution is -2.03. The number of H-pyrrole nitrogens is 1. The third-order valence-corrected chi connectivity index (χ3v) is 2.92. The molecule has 0 atom stereocenters. The van der Waals surface area contributed by atoms with Crippen LogP contribution in [0, 0.1) is 0 Å². The summed E-state index contributed by atoms with van der Waals surface area (Å²) >= 11 is 6.08. The number of halogens is 1. The molecule has 0 spiro atoms. The van der Waals surface area contributed by atoms with Crippen LogP contribution in [0.4, 0.5) is 0 Å². The van der Waals surface area contributed by atoms with E-state index in [2.05, 4.69) is 25.1 Å². The van der Waals surface area contributed by atoms with E-state index in [1.165, 1.54) is 13.2 Å². The highest BCUT2D eigenvalue weighted by Crippen LogP contribution is 2.23. The van der Waals surface area contributed by atoms with Crippen molar-refractivity contribution in [3.63, 3.8) is 0 Å². The lowest BCUT2D eigenvalue weighted by atomic mass is 10.2. The van der Waals surface area contributed by atoms with Crippen LogP contribution < -0.4 is 0 Å².